The molecular formula is C60H62BrF9N6O9. The molecule has 0 spiro atoms. The van der Waals surface area contributed by atoms with Crippen LogP contribution >= 0.6 is 15.9 Å². The van der Waals surface area contributed by atoms with Gasteiger partial charge in [0.15, 0.2) is 0 Å². The summed E-state index contributed by atoms with van der Waals surface area (Å²) in [7, 11) is 9.05. The molecule has 5 heterocycles. The van der Waals surface area contributed by atoms with Gasteiger partial charge in [-0.15, -0.1) is 45.9 Å². The zero-order chi connectivity index (χ0) is 62.7. The van der Waals surface area contributed by atoms with E-state index in [1.807, 2.05) is 71.3 Å². The van der Waals surface area contributed by atoms with E-state index in [2.05, 4.69) is 62.4 Å². The Morgan fingerprint density at radius 3 is 1.38 bits per heavy atom. The molecule has 0 unspecified atom stereocenters. The lowest BCUT2D eigenvalue weighted by Crippen LogP contribution is -2.21. The van der Waals surface area contributed by atoms with Crippen molar-refractivity contribution in [2.45, 2.75) is 78.8 Å². The molecule has 3 aromatic carbocycles. The van der Waals surface area contributed by atoms with E-state index in [9.17, 15) is 39.5 Å². The minimum Gasteiger partial charge on any atom is -0.496 e. The summed E-state index contributed by atoms with van der Waals surface area (Å²) >= 11 is 3.55. The first-order valence-corrected chi connectivity index (χ1v) is 26.5. The number of ether oxygens (including phenoxy) is 9. The Bertz CT molecular complexity index is 3640. The van der Waals surface area contributed by atoms with Crippen molar-refractivity contribution in [2.24, 2.45) is 0 Å². The van der Waals surface area contributed by atoms with E-state index >= 15 is 0 Å². The van der Waals surface area contributed by atoms with E-state index in [-0.39, 0.29) is 52.6 Å². The number of aromatic nitrogens is 5. The maximum atomic E-state index is 12.5. The van der Waals surface area contributed by atoms with Gasteiger partial charge in [0.25, 0.3) is 0 Å². The van der Waals surface area contributed by atoms with E-state index in [0.717, 1.165) is 49.3 Å². The van der Waals surface area contributed by atoms with Crippen molar-refractivity contribution in [2.75, 3.05) is 67.8 Å². The molecule has 85 heavy (non-hydrogen) atoms. The lowest BCUT2D eigenvalue weighted by molar-refractivity contribution is -0.275. The van der Waals surface area contributed by atoms with Crippen LogP contribution in [-0.2, 0) is 14.2 Å². The number of nitrogens with one attached hydrogen (secondary N) is 1. The zero-order valence-electron chi connectivity index (χ0n) is 48.3. The number of benzene rings is 3. The molecule has 0 saturated heterocycles. The summed E-state index contributed by atoms with van der Waals surface area (Å²) in [6.45, 7) is 13.3. The van der Waals surface area contributed by atoms with Crippen LogP contribution in [-0.4, -0.2) is 112 Å². The summed E-state index contributed by atoms with van der Waals surface area (Å²) in [6, 6.07) is 19.8. The van der Waals surface area contributed by atoms with Crippen LogP contribution in [0, 0.1) is 33.1 Å². The Kier molecular flexibility index (Phi) is 22.1. The fourth-order valence-electron chi connectivity index (χ4n) is 9.19. The van der Waals surface area contributed by atoms with Crippen molar-refractivity contribution < 1.29 is 82.1 Å². The predicted octanol–water partition coefficient (Wildman–Crippen LogP) is 15.4. The molecule has 0 aliphatic heterocycles. The summed E-state index contributed by atoms with van der Waals surface area (Å²) < 4.78 is 161. The zero-order valence-corrected chi connectivity index (χ0v) is 49.9. The number of nitrogens with zero attached hydrogens (tertiary/aromatic N) is 5. The molecule has 8 aromatic rings. The smallest absolute Gasteiger partial charge is 0.496 e. The molecule has 0 amide bonds. The lowest BCUT2D eigenvalue weighted by atomic mass is 10.0. The lowest BCUT2D eigenvalue weighted by Gasteiger charge is -2.18. The third-order valence-electron chi connectivity index (χ3n) is 12.8. The Hall–Kier alpha value is -7.92. The van der Waals surface area contributed by atoms with Crippen LogP contribution in [0.4, 0.5) is 45.2 Å². The van der Waals surface area contributed by atoms with Crippen molar-refractivity contribution in [3.63, 3.8) is 0 Å². The average Bonchev–Trinajstić information content (AvgIpc) is 4.26. The maximum absolute atomic E-state index is 12.5. The number of hydrogen-bond acceptors (Lipinski definition) is 13. The number of anilines is 1. The number of hydrogen-bond donors (Lipinski definition) is 1. The molecule has 8 rings (SSSR count). The second-order valence-corrected chi connectivity index (χ2v) is 20.1. The number of rotatable bonds is 19. The molecule has 0 bridgehead atoms. The quantitative estimate of drug-likeness (QED) is 0.0606. The van der Waals surface area contributed by atoms with Crippen molar-refractivity contribution in [3.05, 3.63) is 118 Å². The van der Waals surface area contributed by atoms with E-state index in [1.54, 1.807) is 21.3 Å². The van der Waals surface area contributed by atoms with Crippen LogP contribution in [0.3, 0.4) is 0 Å². The summed E-state index contributed by atoms with van der Waals surface area (Å²) in [5.41, 5.74) is 10.4. The second-order valence-electron chi connectivity index (χ2n) is 19.2. The molecule has 15 nitrogen and oxygen atoms in total. The number of aryl methyl sites for hydroxylation is 3. The Labute approximate surface area is 493 Å². The highest BCUT2D eigenvalue weighted by Gasteiger charge is 2.34. The summed E-state index contributed by atoms with van der Waals surface area (Å²) in [6.07, 6.45) is -4.83. The van der Waals surface area contributed by atoms with Crippen LogP contribution in [0.25, 0.3) is 55.8 Å². The highest BCUT2D eigenvalue weighted by molar-refractivity contribution is 9.10. The van der Waals surface area contributed by atoms with Crippen LogP contribution in [0.1, 0.15) is 55.2 Å². The first-order valence-electron chi connectivity index (χ1n) is 25.8. The highest BCUT2D eigenvalue weighted by Crippen LogP contribution is 2.41. The Balaban J connectivity index is 0.000000204. The van der Waals surface area contributed by atoms with Gasteiger partial charge in [-0.3, -0.25) is 0 Å². The number of alkyl halides is 9. The molecular weight excluding hydrogens is 1200 g/mol. The Morgan fingerprint density at radius 1 is 0.541 bits per heavy atom. The standard InChI is InChI=1S/C20H20BrF3N2O3.2C20H21F3N2O3/c1-11-7-16-19(15(21)9-26(16)12(2)10-27-3)25-18(11)14-6-5-13(8-17(14)28-4)29-20(22,23)24;1-12-9-17-16(7-8-25(17)13(2)11-26-3)24-19(12)15-6-5-14(10-18(15)27-4)28-20(21,22)23;1-6-16-17(24-13(3)11-26-4)9-12(2)19(25-16)15-8-7-14(10-18(15)27-5)28-20(21,22)23/h5-9,12H,10H2,1-4H3;5-10,13H,11H2,1-4H3;1,7-10,13,24H,11H2,2-5H3/t12-;2*13-/m000/s1. The monoisotopic (exact) mass is 1260 g/mol. The average molecular weight is 1260 g/mol. The molecule has 0 radical (unpaired) electrons. The summed E-state index contributed by atoms with van der Waals surface area (Å²) in [4.78, 5) is 14.0. The molecule has 1 N–H and O–H groups in total. The largest absolute Gasteiger partial charge is 0.573 e. The number of terminal acetylenes is 1. The van der Waals surface area contributed by atoms with E-state index in [1.165, 1.54) is 69.9 Å². The predicted molar refractivity (Wildman–Crippen MR) is 308 cm³/mol. The molecule has 0 aliphatic carbocycles. The van der Waals surface area contributed by atoms with Gasteiger partial charge in [-0.05, 0) is 141 Å². The minimum absolute atomic E-state index is 0.0116. The molecule has 0 aliphatic rings. The molecule has 25 heteroatoms. The van der Waals surface area contributed by atoms with Crippen LogP contribution in [0.5, 0.6) is 34.5 Å². The minimum atomic E-state index is -4.79. The number of fused-ring (bicyclic) bond motifs is 2. The molecule has 0 fully saturated rings. The molecule has 456 valence electrons. The number of halogens is 10. The van der Waals surface area contributed by atoms with Crippen molar-refractivity contribution >= 4 is 43.7 Å². The van der Waals surface area contributed by atoms with Gasteiger partial charge >= 0.3 is 19.1 Å². The van der Waals surface area contributed by atoms with Crippen LogP contribution < -0.4 is 33.7 Å². The highest BCUT2D eigenvalue weighted by atomic mass is 79.9. The molecule has 5 aromatic heterocycles. The van der Waals surface area contributed by atoms with Gasteiger partial charge in [-0.1, -0.05) is 0 Å². The van der Waals surface area contributed by atoms with Gasteiger partial charge in [0.2, 0.25) is 0 Å². The van der Waals surface area contributed by atoms with E-state index in [4.69, 9.17) is 44.8 Å². The number of methoxy groups -OCH3 is 6. The van der Waals surface area contributed by atoms with E-state index in [0.29, 0.717) is 65.0 Å². The van der Waals surface area contributed by atoms with Crippen LogP contribution in [0.15, 0.2) is 95.7 Å². The molecule has 0 saturated carbocycles. The SMILES string of the molecule is C#Cc1nc(-c2ccc(OC(F)(F)F)cc2OC)c(C)cc1N[C@@H](C)COC.COC[C@H](C)n1cc(Br)c2nc(-c3ccc(OC(F)(F)F)cc3OC)c(C)cc21.COC[C@H](C)n1ccc2nc(-c3ccc(OC(F)(F)F)cc3OC)c(C)cc21. The maximum Gasteiger partial charge on any atom is 0.573 e. The Morgan fingerprint density at radius 2 is 0.953 bits per heavy atom. The fraction of sp³-hybridized carbons (Fsp3) is 0.350. The third-order valence-corrected chi connectivity index (χ3v) is 13.3. The van der Waals surface area contributed by atoms with Gasteiger partial charge in [-0.25, -0.2) is 15.0 Å². The third kappa shape index (κ3) is 17.1. The van der Waals surface area contributed by atoms with Crippen molar-refractivity contribution in [1.29, 1.82) is 0 Å². The van der Waals surface area contributed by atoms with Crippen molar-refractivity contribution in [3.8, 4) is 80.6 Å². The topological polar surface area (TPSA) is 144 Å². The van der Waals surface area contributed by atoms with Crippen molar-refractivity contribution in [1.82, 2.24) is 24.1 Å². The molecule has 3 atom stereocenters. The first kappa shape index (κ1) is 66.2. The van der Waals surface area contributed by atoms with Gasteiger partial charge < -0.3 is 57.1 Å². The van der Waals surface area contributed by atoms with Gasteiger partial charge in [-0.2, -0.15) is 0 Å². The first-order chi connectivity index (χ1) is 40.0. The second kappa shape index (κ2) is 28.3. The van der Waals surface area contributed by atoms with E-state index < -0.39 is 19.1 Å². The summed E-state index contributed by atoms with van der Waals surface area (Å²) in [5, 5.41) is 3.24. The van der Waals surface area contributed by atoms with Gasteiger partial charge in [0.1, 0.15) is 45.7 Å². The normalized spacial score (nSPS) is 12.7. The van der Waals surface area contributed by atoms with Crippen LogP contribution in [0.2, 0.25) is 0 Å². The summed E-state index contributed by atoms with van der Waals surface area (Å²) in [5.74, 6) is 2.14. The van der Waals surface area contributed by atoms with Gasteiger partial charge in [0.05, 0.1) is 97.0 Å². The fourth-order valence-corrected chi connectivity index (χ4v) is 9.70. The van der Waals surface area contributed by atoms with Gasteiger partial charge in [0, 0.05) is 74.7 Å². The number of pyridine rings is 3.